The van der Waals surface area contributed by atoms with Gasteiger partial charge in [0.05, 0.1) is 5.75 Å². The molecule has 1 aliphatic rings. The smallest absolute Gasteiger partial charge is 0.213 e. The Kier molecular flexibility index (Phi) is 5.97. The maximum absolute atomic E-state index is 11.5. The van der Waals surface area contributed by atoms with Gasteiger partial charge in [-0.05, 0) is 31.8 Å². The van der Waals surface area contributed by atoms with Crippen molar-refractivity contribution in [1.82, 2.24) is 9.62 Å². The third-order valence-electron chi connectivity index (χ3n) is 2.40. The lowest BCUT2D eigenvalue weighted by Gasteiger charge is -2.23. The number of halogens is 1. The van der Waals surface area contributed by atoms with E-state index in [9.17, 15) is 8.42 Å². The lowest BCUT2D eigenvalue weighted by molar-refractivity contribution is 0.397. The first kappa shape index (κ1) is 14.2. The number of hydrogen-bond acceptors (Lipinski definition) is 3. The van der Waals surface area contributed by atoms with E-state index in [4.69, 9.17) is 0 Å². The lowest BCUT2D eigenvalue weighted by atomic mass is 10.0. The minimum Gasteiger partial charge on any atom is -0.316 e. The van der Waals surface area contributed by atoms with E-state index in [2.05, 4.69) is 5.32 Å². The quantitative estimate of drug-likeness (QED) is 0.775. The van der Waals surface area contributed by atoms with Gasteiger partial charge in [0.25, 0.3) is 0 Å². The average Bonchev–Trinajstić information content (AvgIpc) is 2.05. The second-order valence-electron chi connectivity index (χ2n) is 3.77. The first-order chi connectivity index (χ1) is 6.02. The molecule has 0 aromatic heterocycles. The van der Waals surface area contributed by atoms with Crippen LogP contribution in [-0.4, -0.2) is 45.7 Å². The van der Waals surface area contributed by atoms with Gasteiger partial charge in [0.15, 0.2) is 0 Å². The highest BCUT2D eigenvalue weighted by Crippen LogP contribution is 2.13. The number of sulfonamides is 1. The first-order valence-electron chi connectivity index (χ1n) is 4.63. The molecule has 4 nitrogen and oxygen atoms in total. The van der Waals surface area contributed by atoms with Crippen molar-refractivity contribution in [3.05, 3.63) is 0 Å². The highest BCUT2D eigenvalue weighted by molar-refractivity contribution is 7.89. The standard InChI is InChI=1S/C8H18N2O2S.ClH/c1-10(2)13(11,12)7-8-4-3-5-9-6-8;/h8-9H,3-7H2,1-2H3;1H. The van der Waals surface area contributed by atoms with Crippen LogP contribution in [0.2, 0.25) is 0 Å². The molecule has 1 aliphatic heterocycles. The van der Waals surface area contributed by atoms with Crippen LogP contribution in [0.15, 0.2) is 0 Å². The van der Waals surface area contributed by atoms with E-state index in [1.54, 1.807) is 14.1 Å². The zero-order chi connectivity index (χ0) is 9.90. The molecule has 86 valence electrons. The molecule has 1 unspecified atom stereocenters. The van der Waals surface area contributed by atoms with Crippen LogP contribution in [-0.2, 0) is 10.0 Å². The molecule has 1 atom stereocenters. The van der Waals surface area contributed by atoms with Crippen LogP contribution in [0, 0.1) is 5.92 Å². The molecule has 0 aromatic carbocycles. The van der Waals surface area contributed by atoms with Crippen molar-refractivity contribution < 1.29 is 8.42 Å². The number of nitrogens with zero attached hydrogens (tertiary/aromatic N) is 1. The summed E-state index contributed by atoms with van der Waals surface area (Å²) in [4.78, 5) is 0. The van der Waals surface area contributed by atoms with Gasteiger partial charge in [-0.2, -0.15) is 0 Å². The normalized spacial score (nSPS) is 23.2. The highest BCUT2D eigenvalue weighted by Gasteiger charge is 2.22. The molecular formula is C8H19ClN2O2S. The van der Waals surface area contributed by atoms with E-state index in [-0.39, 0.29) is 18.2 Å². The molecule has 0 aliphatic carbocycles. The second kappa shape index (κ2) is 5.90. The summed E-state index contributed by atoms with van der Waals surface area (Å²) in [6.07, 6.45) is 2.12. The minimum absolute atomic E-state index is 0. The van der Waals surface area contributed by atoms with E-state index < -0.39 is 10.0 Å². The van der Waals surface area contributed by atoms with Crippen LogP contribution in [0.4, 0.5) is 0 Å². The number of hydrogen-bond donors (Lipinski definition) is 1. The molecule has 0 saturated carbocycles. The summed E-state index contributed by atoms with van der Waals surface area (Å²) in [7, 11) is 0.173. The van der Waals surface area contributed by atoms with Crippen molar-refractivity contribution in [3.63, 3.8) is 0 Å². The van der Waals surface area contributed by atoms with Gasteiger partial charge in [0, 0.05) is 14.1 Å². The summed E-state index contributed by atoms with van der Waals surface area (Å²) in [5, 5.41) is 3.21. The molecule has 1 fully saturated rings. The third kappa shape index (κ3) is 4.13. The van der Waals surface area contributed by atoms with Crippen molar-refractivity contribution >= 4 is 22.4 Å². The molecule has 0 bridgehead atoms. The van der Waals surface area contributed by atoms with Crippen molar-refractivity contribution in [2.45, 2.75) is 12.8 Å². The summed E-state index contributed by atoms with van der Waals surface area (Å²) < 4.78 is 24.3. The molecule has 1 rings (SSSR count). The van der Waals surface area contributed by atoms with Gasteiger partial charge in [-0.15, -0.1) is 12.4 Å². The van der Waals surface area contributed by atoms with Crippen LogP contribution < -0.4 is 5.32 Å². The van der Waals surface area contributed by atoms with Crippen molar-refractivity contribution in [2.75, 3.05) is 32.9 Å². The van der Waals surface area contributed by atoms with Gasteiger partial charge < -0.3 is 5.32 Å². The summed E-state index contributed by atoms with van der Waals surface area (Å²) >= 11 is 0. The molecule has 0 aromatic rings. The van der Waals surface area contributed by atoms with E-state index >= 15 is 0 Å². The number of nitrogens with one attached hydrogen (secondary N) is 1. The molecular weight excluding hydrogens is 224 g/mol. The monoisotopic (exact) mass is 242 g/mol. The Labute approximate surface area is 92.5 Å². The predicted octanol–water partition coefficient (Wildman–Crippen LogP) is 0.299. The van der Waals surface area contributed by atoms with Gasteiger partial charge in [-0.1, -0.05) is 0 Å². The van der Waals surface area contributed by atoms with E-state index in [0.29, 0.717) is 5.92 Å². The number of rotatable bonds is 3. The summed E-state index contributed by atoms with van der Waals surface area (Å²) in [6, 6.07) is 0. The maximum Gasteiger partial charge on any atom is 0.213 e. The number of piperidine rings is 1. The van der Waals surface area contributed by atoms with Gasteiger partial charge in [0.1, 0.15) is 0 Å². The highest BCUT2D eigenvalue weighted by atomic mass is 35.5. The second-order valence-corrected chi connectivity index (χ2v) is 6.00. The molecule has 1 heterocycles. The largest absolute Gasteiger partial charge is 0.316 e. The summed E-state index contributed by atoms with van der Waals surface area (Å²) in [5.41, 5.74) is 0. The van der Waals surface area contributed by atoms with Gasteiger partial charge >= 0.3 is 0 Å². The zero-order valence-electron chi connectivity index (χ0n) is 8.69. The molecule has 6 heteroatoms. The van der Waals surface area contributed by atoms with Crippen molar-refractivity contribution in [1.29, 1.82) is 0 Å². The van der Waals surface area contributed by atoms with E-state index in [0.717, 1.165) is 25.9 Å². The zero-order valence-corrected chi connectivity index (χ0v) is 10.3. The van der Waals surface area contributed by atoms with E-state index in [1.165, 1.54) is 4.31 Å². The van der Waals surface area contributed by atoms with Crippen LogP contribution in [0.5, 0.6) is 0 Å². The first-order valence-corrected chi connectivity index (χ1v) is 6.24. The van der Waals surface area contributed by atoms with Crippen molar-refractivity contribution in [3.8, 4) is 0 Å². The predicted molar refractivity (Wildman–Crippen MR) is 60.3 cm³/mol. The Hall–Kier alpha value is 0.160. The Bertz CT molecular complexity index is 248. The van der Waals surface area contributed by atoms with Crippen molar-refractivity contribution in [2.24, 2.45) is 5.92 Å². The third-order valence-corrected chi connectivity index (χ3v) is 4.41. The fourth-order valence-corrected chi connectivity index (χ4v) is 2.69. The fraction of sp³-hybridized carbons (Fsp3) is 1.00. The Balaban J connectivity index is 0.00000169. The molecule has 14 heavy (non-hydrogen) atoms. The lowest BCUT2D eigenvalue weighted by Crippen LogP contribution is -2.37. The van der Waals surface area contributed by atoms with Crippen LogP contribution in [0.1, 0.15) is 12.8 Å². The Morgan fingerprint density at radius 3 is 2.50 bits per heavy atom. The minimum atomic E-state index is -3.00. The fourth-order valence-electron chi connectivity index (χ4n) is 1.51. The van der Waals surface area contributed by atoms with Crippen LogP contribution >= 0.6 is 12.4 Å². The Morgan fingerprint density at radius 1 is 1.43 bits per heavy atom. The molecule has 1 saturated heterocycles. The summed E-state index contributed by atoms with van der Waals surface area (Å²) in [5.74, 6) is 0.577. The van der Waals surface area contributed by atoms with Crippen LogP contribution in [0.3, 0.4) is 0 Å². The molecule has 0 amide bonds. The SMILES string of the molecule is CN(C)S(=O)(=O)CC1CCCNC1.Cl. The van der Waals surface area contributed by atoms with E-state index in [1.807, 2.05) is 0 Å². The van der Waals surface area contributed by atoms with Gasteiger partial charge in [-0.3, -0.25) is 0 Å². The van der Waals surface area contributed by atoms with Gasteiger partial charge in [-0.25, -0.2) is 12.7 Å². The maximum atomic E-state index is 11.5. The average molecular weight is 243 g/mol. The topological polar surface area (TPSA) is 49.4 Å². The molecule has 0 spiro atoms. The molecule has 0 radical (unpaired) electrons. The van der Waals surface area contributed by atoms with Gasteiger partial charge in [0.2, 0.25) is 10.0 Å². The summed E-state index contributed by atoms with van der Waals surface area (Å²) in [6.45, 7) is 1.87. The molecule has 1 N–H and O–H groups in total. The van der Waals surface area contributed by atoms with Crippen LogP contribution in [0.25, 0.3) is 0 Å². The Morgan fingerprint density at radius 2 is 2.07 bits per heavy atom.